The van der Waals surface area contributed by atoms with E-state index in [-0.39, 0.29) is 13.0 Å². The number of alkyl carbamates (subject to hydrolysis) is 1. The minimum Gasteiger partial charge on any atom is -0.445 e. The van der Waals surface area contributed by atoms with Crippen molar-refractivity contribution in [3.63, 3.8) is 0 Å². The monoisotopic (exact) mass is 426 g/mol. The molecule has 10 heteroatoms. The Morgan fingerprint density at radius 3 is 2.43 bits per heavy atom. The van der Waals surface area contributed by atoms with Crippen molar-refractivity contribution >= 4 is 12.0 Å². The number of aliphatic hydroxyl groups excluding tert-OH is 4. The first-order chi connectivity index (χ1) is 14.4. The number of ether oxygens (including phenoxy) is 2. The average molecular weight is 426 g/mol. The maximum atomic E-state index is 12.0. The van der Waals surface area contributed by atoms with Crippen LogP contribution < -0.4 is 10.6 Å². The van der Waals surface area contributed by atoms with E-state index < -0.39 is 49.3 Å². The second-order valence-corrected chi connectivity index (χ2v) is 7.12. The first-order valence-electron chi connectivity index (χ1n) is 9.96. The summed E-state index contributed by atoms with van der Waals surface area (Å²) in [6, 6.07) is 9.34. The maximum Gasteiger partial charge on any atom is 0.407 e. The Morgan fingerprint density at radius 2 is 1.73 bits per heavy atom. The molecule has 0 unspecified atom stereocenters. The number of amides is 2. The number of hydrogen-bond donors (Lipinski definition) is 6. The molecular formula is C20H30N2O8. The molecule has 0 saturated carbocycles. The number of unbranched alkanes of at least 4 members (excludes halogenated alkanes) is 2. The zero-order valence-electron chi connectivity index (χ0n) is 16.6. The molecule has 168 valence electrons. The van der Waals surface area contributed by atoms with Gasteiger partial charge in [-0.15, -0.1) is 0 Å². The fraction of sp³-hybridized carbons (Fsp3) is 0.600. The van der Waals surface area contributed by atoms with E-state index in [1.165, 1.54) is 0 Å². The van der Waals surface area contributed by atoms with E-state index in [1.807, 2.05) is 30.3 Å². The topological polar surface area (TPSA) is 158 Å². The summed E-state index contributed by atoms with van der Waals surface area (Å²) >= 11 is 0. The van der Waals surface area contributed by atoms with Crippen molar-refractivity contribution in [3.05, 3.63) is 35.9 Å². The van der Waals surface area contributed by atoms with Gasteiger partial charge in [-0.2, -0.15) is 0 Å². The molecule has 6 N–H and O–H groups in total. The molecule has 1 aromatic rings. The molecule has 30 heavy (non-hydrogen) atoms. The molecule has 2 rings (SSSR count). The Bertz CT molecular complexity index is 657. The van der Waals surface area contributed by atoms with Crippen LogP contribution in [0, 0.1) is 0 Å². The average Bonchev–Trinajstić information content (AvgIpc) is 2.75. The van der Waals surface area contributed by atoms with Gasteiger partial charge in [0.1, 0.15) is 31.0 Å². The van der Waals surface area contributed by atoms with Crippen LogP contribution in [0.5, 0.6) is 0 Å². The summed E-state index contributed by atoms with van der Waals surface area (Å²) in [5, 5.41) is 43.6. The Kier molecular flexibility index (Phi) is 9.98. The fourth-order valence-corrected chi connectivity index (χ4v) is 3.00. The molecule has 1 fully saturated rings. The lowest BCUT2D eigenvalue weighted by Crippen LogP contribution is -2.63. The van der Waals surface area contributed by atoms with Crippen molar-refractivity contribution in [2.45, 2.75) is 62.9 Å². The van der Waals surface area contributed by atoms with E-state index in [1.54, 1.807) is 0 Å². The minimum atomic E-state index is -1.53. The van der Waals surface area contributed by atoms with Crippen LogP contribution in [-0.2, 0) is 20.9 Å². The quantitative estimate of drug-likeness (QED) is 0.271. The van der Waals surface area contributed by atoms with Crippen molar-refractivity contribution in [3.8, 4) is 0 Å². The van der Waals surface area contributed by atoms with E-state index in [9.17, 15) is 24.9 Å². The summed E-state index contributed by atoms with van der Waals surface area (Å²) in [5.74, 6) is -0.394. The van der Waals surface area contributed by atoms with Gasteiger partial charge < -0.3 is 40.5 Å². The highest BCUT2D eigenvalue weighted by molar-refractivity contribution is 5.76. The second kappa shape index (κ2) is 12.5. The number of hydrogen-bond acceptors (Lipinski definition) is 8. The highest BCUT2D eigenvalue weighted by Crippen LogP contribution is 2.19. The Morgan fingerprint density at radius 1 is 1.00 bits per heavy atom. The van der Waals surface area contributed by atoms with Crippen LogP contribution in [0.4, 0.5) is 4.79 Å². The van der Waals surface area contributed by atoms with E-state index in [4.69, 9.17) is 14.6 Å². The summed E-state index contributed by atoms with van der Waals surface area (Å²) in [6.45, 7) is 0.0604. The molecule has 1 saturated heterocycles. The van der Waals surface area contributed by atoms with Crippen molar-refractivity contribution in [2.24, 2.45) is 0 Å². The SMILES string of the molecule is O=C(CCCCCNC(=O)OCc1ccccc1)N[C@@H]1O[C@@H](CO)[C@H](O)[C@H](O)[C@H]1O. The summed E-state index contributed by atoms with van der Waals surface area (Å²) < 4.78 is 10.3. The first kappa shape index (κ1) is 24.0. The number of nitrogens with one attached hydrogen (secondary N) is 2. The fourth-order valence-electron chi connectivity index (χ4n) is 3.00. The molecular weight excluding hydrogens is 396 g/mol. The number of benzene rings is 1. The molecule has 0 bridgehead atoms. The van der Waals surface area contributed by atoms with Crippen LogP contribution in [0.3, 0.4) is 0 Å². The molecule has 1 aromatic carbocycles. The van der Waals surface area contributed by atoms with Gasteiger partial charge in [0.25, 0.3) is 0 Å². The lowest BCUT2D eigenvalue weighted by Gasteiger charge is -2.40. The van der Waals surface area contributed by atoms with E-state index in [0.717, 1.165) is 5.56 Å². The largest absolute Gasteiger partial charge is 0.445 e. The van der Waals surface area contributed by atoms with Crippen molar-refractivity contribution in [1.29, 1.82) is 0 Å². The molecule has 5 atom stereocenters. The van der Waals surface area contributed by atoms with Crippen LogP contribution >= 0.6 is 0 Å². The number of carbonyl (C=O) groups is 2. The number of carbonyl (C=O) groups excluding carboxylic acids is 2. The minimum absolute atomic E-state index is 0.160. The molecule has 1 heterocycles. The maximum absolute atomic E-state index is 12.0. The number of rotatable bonds is 10. The van der Waals surface area contributed by atoms with Crippen LogP contribution in [0.1, 0.15) is 31.2 Å². The molecule has 10 nitrogen and oxygen atoms in total. The Hall–Kier alpha value is -2.24. The van der Waals surface area contributed by atoms with Crippen LogP contribution in [0.25, 0.3) is 0 Å². The third-order valence-electron chi connectivity index (χ3n) is 4.76. The van der Waals surface area contributed by atoms with Crippen LogP contribution in [-0.4, -0.2) is 76.2 Å². The standard InChI is InChI=1S/C20H30N2O8/c23-11-14-16(25)17(26)18(27)19(30-14)22-15(24)9-5-2-6-10-21-20(28)29-12-13-7-3-1-4-8-13/h1,3-4,7-8,14,16-19,23,25-27H,2,5-6,9-12H2,(H,21,28)(H,22,24)/t14-,16-,17-,18+,19+/m0/s1. The second-order valence-electron chi connectivity index (χ2n) is 7.12. The summed E-state index contributed by atoms with van der Waals surface area (Å²) in [5.41, 5.74) is 0.901. The van der Waals surface area contributed by atoms with Crippen molar-refractivity contribution in [2.75, 3.05) is 13.2 Å². The molecule has 0 aliphatic carbocycles. The van der Waals surface area contributed by atoms with Crippen molar-refractivity contribution in [1.82, 2.24) is 10.6 Å². The molecule has 0 aromatic heterocycles. The van der Waals surface area contributed by atoms with Crippen LogP contribution in [0.2, 0.25) is 0 Å². The van der Waals surface area contributed by atoms with Gasteiger partial charge in [0.15, 0.2) is 6.23 Å². The predicted molar refractivity (Wildman–Crippen MR) is 105 cm³/mol. The summed E-state index contributed by atoms with van der Waals surface area (Å²) in [4.78, 5) is 23.6. The van der Waals surface area contributed by atoms with Gasteiger partial charge in [0.05, 0.1) is 6.61 Å². The lowest BCUT2D eigenvalue weighted by molar-refractivity contribution is -0.236. The normalized spacial score (nSPS) is 26.1. The van der Waals surface area contributed by atoms with Gasteiger partial charge in [-0.05, 0) is 18.4 Å². The van der Waals surface area contributed by atoms with Gasteiger partial charge >= 0.3 is 6.09 Å². The molecule has 2 amide bonds. The van der Waals surface area contributed by atoms with Gasteiger partial charge in [0, 0.05) is 13.0 Å². The third-order valence-corrected chi connectivity index (χ3v) is 4.76. The van der Waals surface area contributed by atoms with Gasteiger partial charge in [0.2, 0.25) is 5.91 Å². The van der Waals surface area contributed by atoms with Gasteiger partial charge in [-0.1, -0.05) is 36.8 Å². The highest BCUT2D eigenvalue weighted by Gasteiger charge is 2.43. The smallest absolute Gasteiger partial charge is 0.407 e. The highest BCUT2D eigenvalue weighted by atomic mass is 16.6. The van der Waals surface area contributed by atoms with E-state index in [2.05, 4.69) is 10.6 Å². The zero-order valence-corrected chi connectivity index (χ0v) is 16.6. The lowest BCUT2D eigenvalue weighted by atomic mass is 9.98. The van der Waals surface area contributed by atoms with E-state index >= 15 is 0 Å². The number of aliphatic hydroxyl groups is 4. The van der Waals surface area contributed by atoms with Gasteiger partial charge in [-0.3, -0.25) is 4.79 Å². The molecule has 1 aliphatic rings. The first-order valence-corrected chi connectivity index (χ1v) is 9.96. The van der Waals surface area contributed by atoms with Crippen LogP contribution in [0.15, 0.2) is 30.3 Å². The van der Waals surface area contributed by atoms with E-state index in [0.29, 0.717) is 25.8 Å². The van der Waals surface area contributed by atoms with Gasteiger partial charge in [-0.25, -0.2) is 4.79 Å². The summed E-state index contributed by atoms with van der Waals surface area (Å²) in [6.07, 6.45) is -5.24. The predicted octanol–water partition coefficient (Wildman–Crippen LogP) is -0.611. The molecule has 1 aliphatic heterocycles. The third kappa shape index (κ3) is 7.54. The Labute approximate surface area is 174 Å². The Balaban J connectivity index is 1.55. The molecule has 0 radical (unpaired) electrons. The zero-order chi connectivity index (χ0) is 21.9. The van der Waals surface area contributed by atoms with Crippen molar-refractivity contribution < 1.29 is 39.5 Å². The summed E-state index contributed by atoms with van der Waals surface area (Å²) in [7, 11) is 0. The molecule has 0 spiro atoms.